The monoisotopic (exact) mass is 286 g/mol. The first-order valence-electron chi connectivity index (χ1n) is 7.03. The van der Waals surface area contributed by atoms with Crippen LogP contribution in [0.25, 0.3) is 10.9 Å². The lowest BCUT2D eigenvalue weighted by Gasteiger charge is -2.19. The lowest BCUT2D eigenvalue weighted by Crippen LogP contribution is -2.27. The molecule has 1 aromatic heterocycles. The summed E-state index contributed by atoms with van der Waals surface area (Å²) in [7, 11) is 1.61. The SMILES string of the molecule is CNC(=O)C[C@@H]1CN(c2cnnc3ccccc23)C[C@H]1O. The Labute approximate surface area is 122 Å². The summed E-state index contributed by atoms with van der Waals surface area (Å²) in [5, 5.41) is 21.9. The van der Waals surface area contributed by atoms with Gasteiger partial charge in [0.2, 0.25) is 5.91 Å². The van der Waals surface area contributed by atoms with Gasteiger partial charge >= 0.3 is 0 Å². The molecule has 6 nitrogen and oxygen atoms in total. The third kappa shape index (κ3) is 2.67. The molecule has 2 heterocycles. The van der Waals surface area contributed by atoms with Crippen LogP contribution in [0.1, 0.15) is 6.42 Å². The summed E-state index contributed by atoms with van der Waals surface area (Å²) in [4.78, 5) is 13.6. The van der Waals surface area contributed by atoms with Crippen molar-refractivity contribution in [2.75, 3.05) is 25.0 Å². The average Bonchev–Trinajstić information content (AvgIpc) is 2.87. The van der Waals surface area contributed by atoms with Crippen LogP contribution in [0.3, 0.4) is 0 Å². The number of nitrogens with zero attached hydrogens (tertiary/aromatic N) is 3. The van der Waals surface area contributed by atoms with E-state index < -0.39 is 6.10 Å². The fraction of sp³-hybridized carbons (Fsp3) is 0.400. The van der Waals surface area contributed by atoms with Gasteiger partial charge in [0.1, 0.15) is 0 Å². The maximum atomic E-state index is 11.5. The van der Waals surface area contributed by atoms with Gasteiger partial charge in [0.25, 0.3) is 0 Å². The number of β-amino-alcohol motifs (C(OH)–C–C–N with tert-alkyl or cyclic N) is 1. The molecule has 1 aromatic carbocycles. The van der Waals surface area contributed by atoms with Gasteiger partial charge in [0, 0.05) is 37.9 Å². The summed E-state index contributed by atoms with van der Waals surface area (Å²) in [6.45, 7) is 1.15. The number of carbonyl (C=O) groups is 1. The molecule has 2 N–H and O–H groups in total. The number of benzene rings is 1. The highest BCUT2D eigenvalue weighted by Gasteiger charge is 2.33. The summed E-state index contributed by atoms with van der Waals surface area (Å²) in [5.74, 6) is -0.101. The standard InChI is InChI=1S/C15H18N4O2/c1-16-15(21)6-10-8-19(9-14(10)20)13-7-17-18-12-5-3-2-4-11(12)13/h2-5,7,10,14,20H,6,8-9H2,1H3,(H,16,21)/t10-,14-/m1/s1. The molecule has 1 amide bonds. The van der Waals surface area contributed by atoms with Crippen LogP contribution in [0, 0.1) is 5.92 Å². The number of hydrogen-bond acceptors (Lipinski definition) is 5. The quantitative estimate of drug-likeness (QED) is 0.862. The van der Waals surface area contributed by atoms with Crippen molar-refractivity contribution in [3.63, 3.8) is 0 Å². The van der Waals surface area contributed by atoms with Crippen molar-refractivity contribution in [2.45, 2.75) is 12.5 Å². The summed E-state index contributed by atoms with van der Waals surface area (Å²) >= 11 is 0. The average molecular weight is 286 g/mol. The van der Waals surface area contributed by atoms with Crippen LogP contribution in [0.15, 0.2) is 30.5 Å². The summed E-state index contributed by atoms with van der Waals surface area (Å²) in [6, 6.07) is 7.80. The van der Waals surface area contributed by atoms with Crippen LogP contribution >= 0.6 is 0 Å². The van der Waals surface area contributed by atoms with E-state index in [4.69, 9.17) is 0 Å². The van der Waals surface area contributed by atoms with Crippen molar-refractivity contribution >= 4 is 22.5 Å². The Bertz CT molecular complexity index is 656. The van der Waals surface area contributed by atoms with Crippen LogP contribution in [0.4, 0.5) is 5.69 Å². The van der Waals surface area contributed by atoms with E-state index in [0.29, 0.717) is 19.5 Å². The Morgan fingerprint density at radius 1 is 1.43 bits per heavy atom. The van der Waals surface area contributed by atoms with Crippen molar-refractivity contribution in [3.05, 3.63) is 30.5 Å². The maximum Gasteiger partial charge on any atom is 0.220 e. The maximum absolute atomic E-state index is 11.5. The predicted octanol–water partition coefficient (Wildman–Crippen LogP) is 0.563. The molecule has 1 aliphatic heterocycles. The fourth-order valence-electron chi connectivity index (χ4n) is 2.84. The summed E-state index contributed by atoms with van der Waals surface area (Å²) in [6.07, 6.45) is 1.55. The normalized spacial score (nSPS) is 21.7. The molecular weight excluding hydrogens is 268 g/mol. The van der Waals surface area contributed by atoms with Crippen LogP contribution in [0.5, 0.6) is 0 Å². The molecule has 110 valence electrons. The molecule has 0 radical (unpaired) electrons. The first-order valence-corrected chi connectivity index (χ1v) is 7.03. The van der Waals surface area contributed by atoms with E-state index in [2.05, 4.69) is 20.4 Å². The number of aliphatic hydroxyl groups is 1. The van der Waals surface area contributed by atoms with E-state index >= 15 is 0 Å². The van der Waals surface area contributed by atoms with Gasteiger partial charge in [0.05, 0.1) is 23.5 Å². The first-order chi connectivity index (χ1) is 10.2. The zero-order valence-electron chi connectivity index (χ0n) is 11.9. The zero-order valence-corrected chi connectivity index (χ0v) is 11.9. The van der Waals surface area contributed by atoms with Gasteiger partial charge in [0.15, 0.2) is 0 Å². The molecule has 0 unspecified atom stereocenters. The van der Waals surface area contributed by atoms with Gasteiger partial charge in [-0.05, 0) is 6.07 Å². The van der Waals surface area contributed by atoms with Crippen molar-refractivity contribution in [1.82, 2.24) is 15.5 Å². The molecular formula is C15H18N4O2. The molecule has 0 aliphatic carbocycles. The van der Waals surface area contributed by atoms with Gasteiger partial charge < -0.3 is 15.3 Å². The molecule has 1 fully saturated rings. The molecule has 0 spiro atoms. The smallest absolute Gasteiger partial charge is 0.220 e. The number of carbonyl (C=O) groups excluding carboxylic acids is 1. The minimum atomic E-state index is -0.505. The van der Waals surface area contributed by atoms with Crippen LogP contribution in [0.2, 0.25) is 0 Å². The van der Waals surface area contributed by atoms with E-state index in [-0.39, 0.29) is 11.8 Å². The number of anilines is 1. The highest BCUT2D eigenvalue weighted by atomic mass is 16.3. The number of rotatable bonds is 3. The second kappa shape index (κ2) is 5.65. The van der Waals surface area contributed by atoms with Gasteiger partial charge in [-0.25, -0.2) is 0 Å². The molecule has 1 saturated heterocycles. The minimum absolute atomic E-state index is 0.0430. The second-order valence-corrected chi connectivity index (χ2v) is 5.36. The Morgan fingerprint density at radius 3 is 3.05 bits per heavy atom. The molecule has 2 atom stereocenters. The number of nitrogens with one attached hydrogen (secondary N) is 1. The fourth-order valence-corrected chi connectivity index (χ4v) is 2.84. The first kappa shape index (κ1) is 13.8. The predicted molar refractivity (Wildman–Crippen MR) is 79.9 cm³/mol. The molecule has 1 aliphatic rings. The minimum Gasteiger partial charge on any atom is -0.391 e. The lowest BCUT2D eigenvalue weighted by atomic mass is 10.0. The molecule has 0 saturated carbocycles. The van der Waals surface area contributed by atoms with E-state index in [9.17, 15) is 9.90 Å². The zero-order chi connectivity index (χ0) is 14.8. The van der Waals surface area contributed by atoms with Crippen molar-refractivity contribution in [1.29, 1.82) is 0 Å². The Morgan fingerprint density at radius 2 is 2.24 bits per heavy atom. The number of fused-ring (bicyclic) bond motifs is 1. The molecule has 6 heteroatoms. The van der Waals surface area contributed by atoms with E-state index in [0.717, 1.165) is 16.6 Å². The topological polar surface area (TPSA) is 78.4 Å². The van der Waals surface area contributed by atoms with Gasteiger partial charge in [-0.1, -0.05) is 18.2 Å². The van der Waals surface area contributed by atoms with Gasteiger partial charge in [-0.2, -0.15) is 10.2 Å². The van der Waals surface area contributed by atoms with E-state index in [1.165, 1.54) is 0 Å². The number of aromatic nitrogens is 2. The number of hydrogen-bond donors (Lipinski definition) is 2. The summed E-state index contributed by atoms with van der Waals surface area (Å²) < 4.78 is 0. The van der Waals surface area contributed by atoms with Crippen LogP contribution in [-0.2, 0) is 4.79 Å². The molecule has 3 rings (SSSR count). The Kier molecular flexibility index (Phi) is 3.70. The molecule has 21 heavy (non-hydrogen) atoms. The molecule has 0 bridgehead atoms. The van der Waals surface area contributed by atoms with Crippen LogP contribution in [-0.4, -0.2) is 47.5 Å². The van der Waals surface area contributed by atoms with E-state index in [1.807, 2.05) is 24.3 Å². The lowest BCUT2D eigenvalue weighted by molar-refractivity contribution is -0.122. The highest BCUT2D eigenvalue weighted by molar-refractivity contribution is 5.91. The summed E-state index contributed by atoms with van der Waals surface area (Å²) in [5.41, 5.74) is 1.79. The third-order valence-corrected chi connectivity index (χ3v) is 4.00. The Balaban J connectivity index is 1.86. The largest absolute Gasteiger partial charge is 0.391 e. The van der Waals surface area contributed by atoms with Crippen molar-refractivity contribution in [2.24, 2.45) is 5.92 Å². The van der Waals surface area contributed by atoms with Crippen molar-refractivity contribution in [3.8, 4) is 0 Å². The van der Waals surface area contributed by atoms with E-state index in [1.54, 1.807) is 13.2 Å². The number of amides is 1. The number of aliphatic hydroxyl groups excluding tert-OH is 1. The third-order valence-electron chi connectivity index (χ3n) is 4.00. The van der Waals surface area contributed by atoms with Crippen molar-refractivity contribution < 1.29 is 9.90 Å². The van der Waals surface area contributed by atoms with Gasteiger partial charge in [-0.15, -0.1) is 0 Å². The van der Waals surface area contributed by atoms with Crippen LogP contribution < -0.4 is 10.2 Å². The second-order valence-electron chi connectivity index (χ2n) is 5.36. The van der Waals surface area contributed by atoms with Gasteiger partial charge in [-0.3, -0.25) is 4.79 Å². The highest BCUT2D eigenvalue weighted by Crippen LogP contribution is 2.30. The Hall–Kier alpha value is -2.21. The molecule has 2 aromatic rings.